The van der Waals surface area contributed by atoms with Crippen molar-refractivity contribution in [3.8, 4) is 11.5 Å². The lowest BCUT2D eigenvalue weighted by atomic mass is 9.80. The van der Waals surface area contributed by atoms with E-state index < -0.39 is 0 Å². The first kappa shape index (κ1) is 13.7. The number of aromatic nitrogens is 2. The van der Waals surface area contributed by atoms with Crippen molar-refractivity contribution < 1.29 is 9.47 Å². The summed E-state index contributed by atoms with van der Waals surface area (Å²) in [6.45, 7) is 0.992. The molecular weight excluding hydrogens is 334 g/mol. The van der Waals surface area contributed by atoms with Crippen LogP contribution in [0.15, 0.2) is 30.6 Å². The van der Waals surface area contributed by atoms with E-state index in [0.717, 1.165) is 27.7 Å². The van der Waals surface area contributed by atoms with Gasteiger partial charge in [0.1, 0.15) is 17.0 Å². The third kappa shape index (κ3) is 1.88. The minimum Gasteiger partial charge on any atom is -0.454 e. The zero-order chi connectivity index (χ0) is 16.4. The smallest absolute Gasteiger partial charge is 0.231 e. The Morgan fingerprint density at radius 3 is 3.16 bits per heavy atom. The normalized spacial score (nSPS) is 19.4. The van der Waals surface area contributed by atoms with Crippen LogP contribution in [-0.2, 0) is 6.54 Å². The van der Waals surface area contributed by atoms with Crippen molar-refractivity contribution in [3.63, 3.8) is 0 Å². The molecule has 0 radical (unpaired) electrons. The summed E-state index contributed by atoms with van der Waals surface area (Å²) in [6.07, 6.45) is 6.48. The Morgan fingerprint density at radius 2 is 2.16 bits per heavy atom. The summed E-state index contributed by atoms with van der Waals surface area (Å²) in [6, 6.07) is 6.04. The van der Waals surface area contributed by atoms with Gasteiger partial charge >= 0.3 is 0 Å². The Morgan fingerprint density at radius 1 is 1.20 bits per heavy atom. The lowest BCUT2D eigenvalue weighted by Gasteiger charge is -2.26. The first-order valence-corrected chi connectivity index (χ1v) is 9.30. The van der Waals surface area contributed by atoms with Gasteiger partial charge in [-0.15, -0.1) is 11.3 Å². The number of anilines is 1. The van der Waals surface area contributed by atoms with Gasteiger partial charge in [-0.05, 0) is 36.1 Å². The molecule has 25 heavy (non-hydrogen) atoms. The van der Waals surface area contributed by atoms with E-state index in [4.69, 9.17) is 9.47 Å². The number of benzene rings is 1. The SMILES string of the molecule is C1=C2c3c(sc4ncnc(NCc5ccc6c(c5)OCO6)c34)C2CC1. The third-order valence-electron chi connectivity index (χ3n) is 5.21. The van der Waals surface area contributed by atoms with E-state index in [2.05, 4.69) is 27.4 Å². The maximum absolute atomic E-state index is 5.46. The number of hydrogen-bond donors (Lipinski definition) is 1. The number of fused-ring (bicyclic) bond motifs is 7. The van der Waals surface area contributed by atoms with E-state index in [9.17, 15) is 0 Å². The van der Waals surface area contributed by atoms with Crippen LogP contribution in [0, 0.1) is 0 Å². The maximum atomic E-state index is 5.46. The maximum Gasteiger partial charge on any atom is 0.231 e. The Bertz CT molecular complexity index is 1060. The summed E-state index contributed by atoms with van der Waals surface area (Å²) in [5.41, 5.74) is 4.03. The molecule has 0 bridgehead atoms. The van der Waals surface area contributed by atoms with Crippen LogP contribution in [0.4, 0.5) is 5.82 Å². The number of nitrogens with one attached hydrogen (secondary N) is 1. The zero-order valence-corrected chi connectivity index (χ0v) is 14.2. The molecule has 3 aliphatic rings. The molecule has 3 heterocycles. The highest BCUT2D eigenvalue weighted by Gasteiger charge is 2.39. The summed E-state index contributed by atoms with van der Waals surface area (Å²) < 4.78 is 10.8. The summed E-state index contributed by atoms with van der Waals surface area (Å²) in [4.78, 5) is 11.6. The molecule has 5 nitrogen and oxygen atoms in total. The Kier molecular flexibility index (Phi) is 2.71. The van der Waals surface area contributed by atoms with Crippen molar-refractivity contribution in [1.29, 1.82) is 0 Å². The molecular formula is C19H15N3O2S. The summed E-state index contributed by atoms with van der Waals surface area (Å²) >= 11 is 1.83. The monoisotopic (exact) mass is 349 g/mol. The molecule has 1 aromatic carbocycles. The summed E-state index contributed by atoms with van der Waals surface area (Å²) in [5, 5.41) is 4.68. The van der Waals surface area contributed by atoms with Crippen molar-refractivity contribution in [3.05, 3.63) is 46.6 Å². The number of nitrogens with zero attached hydrogens (tertiary/aromatic N) is 2. The first-order valence-electron chi connectivity index (χ1n) is 8.49. The van der Waals surface area contributed by atoms with Crippen LogP contribution in [0.2, 0.25) is 0 Å². The van der Waals surface area contributed by atoms with E-state index in [1.165, 1.54) is 34.2 Å². The highest BCUT2D eigenvalue weighted by Crippen LogP contribution is 2.59. The van der Waals surface area contributed by atoms with Crippen molar-refractivity contribution in [2.45, 2.75) is 25.3 Å². The molecule has 0 saturated carbocycles. The molecule has 0 amide bonds. The molecule has 6 rings (SSSR count). The van der Waals surface area contributed by atoms with Gasteiger partial charge in [-0.1, -0.05) is 12.1 Å². The van der Waals surface area contributed by atoms with E-state index in [1.54, 1.807) is 6.33 Å². The summed E-state index contributed by atoms with van der Waals surface area (Å²) in [7, 11) is 0. The molecule has 0 fully saturated rings. The van der Waals surface area contributed by atoms with Crippen LogP contribution in [0.1, 0.15) is 34.8 Å². The second kappa shape index (κ2) is 4.95. The average Bonchev–Trinajstić information content (AvgIpc) is 3.32. The van der Waals surface area contributed by atoms with Crippen LogP contribution < -0.4 is 14.8 Å². The van der Waals surface area contributed by atoms with Gasteiger partial charge in [0.2, 0.25) is 6.79 Å². The molecule has 2 aliphatic carbocycles. The average molecular weight is 349 g/mol. The molecule has 2 aromatic heterocycles. The molecule has 0 spiro atoms. The third-order valence-corrected chi connectivity index (χ3v) is 6.42. The van der Waals surface area contributed by atoms with Gasteiger partial charge in [0.15, 0.2) is 11.5 Å². The van der Waals surface area contributed by atoms with Crippen LogP contribution in [0.25, 0.3) is 15.8 Å². The largest absolute Gasteiger partial charge is 0.454 e. The second-order valence-corrected chi connectivity index (χ2v) is 7.60. The van der Waals surface area contributed by atoms with E-state index in [-0.39, 0.29) is 0 Å². The van der Waals surface area contributed by atoms with Gasteiger partial charge in [0, 0.05) is 22.9 Å². The zero-order valence-electron chi connectivity index (χ0n) is 13.4. The van der Waals surface area contributed by atoms with Gasteiger partial charge < -0.3 is 14.8 Å². The molecule has 124 valence electrons. The number of hydrogen-bond acceptors (Lipinski definition) is 6. The van der Waals surface area contributed by atoms with Crippen LogP contribution in [0.5, 0.6) is 11.5 Å². The predicted molar refractivity (Wildman–Crippen MR) is 97.3 cm³/mol. The first-order chi connectivity index (χ1) is 12.4. The fraction of sp³-hybridized carbons (Fsp3) is 0.263. The van der Waals surface area contributed by atoms with Crippen LogP contribution in [0.3, 0.4) is 0 Å². The van der Waals surface area contributed by atoms with Gasteiger partial charge in [-0.2, -0.15) is 0 Å². The molecule has 3 aromatic rings. The van der Waals surface area contributed by atoms with E-state index in [0.29, 0.717) is 19.3 Å². The van der Waals surface area contributed by atoms with Gasteiger partial charge in [0.25, 0.3) is 0 Å². The lowest BCUT2D eigenvalue weighted by molar-refractivity contribution is 0.174. The van der Waals surface area contributed by atoms with Crippen LogP contribution in [-0.4, -0.2) is 16.8 Å². The van der Waals surface area contributed by atoms with E-state index in [1.807, 2.05) is 23.5 Å². The highest BCUT2D eigenvalue weighted by molar-refractivity contribution is 7.19. The second-order valence-electron chi connectivity index (χ2n) is 6.57. The fourth-order valence-electron chi connectivity index (χ4n) is 4.03. The standard InChI is InChI=1S/C19H15N3O2S/c1-2-11-12(3-1)17-15(11)16-18(21-8-22-19(16)25-17)20-7-10-4-5-13-14(6-10)24-9-23-13/h2,4-6,8,12H,1,3,7,9H2,(H,20,21,22). The fourth-order valence-corrected chi connectivity index (χ4v) is 5.35. The number of allylic oxidation sites excluding steroid dienone is 2. The number of ether oxygens (including phenoxy) is 2. The lowest BCUT2D eigenvalue weighted by Crippen LogP contribution is -2.10. The Labute approximate surface area is 148 Å². The van der Waals surface area contributed by atoms with Gasteiger partial charge in [-0.3, -0.25) is 0 Å². The highest BCUT2D eigenvalue weighted by atomic mass is 32.1. The van der Waals surface area contributed by atoms with Crippen LogP contribution >= 0.6 is 11.3 Å². The minimum absolute atomic E-state index is 0.302. The molecule has 1 unspecified atom stereocenters. The minimum atomic E-state index is 0.302. The number of thiophene rings is 1. The topological polar surface area (TPSA) is 56.3 Å². The Balaban J connectivity index is 1.35. The van der Waals surface area contributed by atoms with Crippen molar-refractivity contribution >= 4 is 32.9 Å². The van der Waals surface area contributed by atoms with Crippen molar-refractivity contribution in [2.75, 3.05) is 12.1 Å². The molecule has 1 N–H and O–H groups in total. The van der Waals surface area contributed by atoms with Crippen molar-refractivity contribution in [1.82, 2.24) is 9.97 Å². The number of rotatable bonds is 3. The molecule has 1 atom stereocenters. The van der Waals surface area contributed by atoms with Crippen molar-refractivity contribution in [2.24, 2.45) is 0 Å². The summed E-state index contributed by atoms with van der Waals surface area (Å²) in [5.74, 6) is 3.19. The van der Waals surface area contributed by atoms with Gasteiger partial charge in [-0.25, -0.2) is 9.97 Å². The van der Waals surface area contributed by atoms with E-state index >= 15 is 0 Å². The predicted octanol–water partition coefficient (Wildman–Crippen LogP) is 4.31. The molecule has 6 heteroatoms. The van der Waals surface area contributed by atoms with Gasteiger partial charge in [0.05, 0.1) is 5.39 Å². The Hall–Kier alpha value is -2.60. The molecule has 0 saturated heterocycles. The quantitative estimate of drug-likeness (QED) is 0.764. The molecule has 1 aliphatic heterocycles.